The largest absolute Gasteiger partial charge is 0.153 e. The van der Waals surface area contributed by atoms with Crippen molar-refractivity contribution in [1.29, 1.82) is 0 Å². The summed E-state index contributed by atoms with van der Waals surface area (Å²) in [5, 5.41) is 0. The third kappa shape index (κ3) is 7.39. The monoisotopic (exact) mass is 260 g/mol. The summed E-state index contributed by atoms with van der Waals surface area (Å²) in [5.41, 5.74) is 4.34. The van der Waals surface area contributed by atoms with Crippen LogP contribution in [0.3, 0.4) is 0 Å². The molecule has 0 aromatic heterocycles. The van der Waals surface area contributed by atoms with E-state index in [0.717, 1.165) is 11.5 Å². The zero-order valence-electron chi connectivity index (χ0n) is 11.8. The molecule has 0 unspecified atom stereocenters. The van der Waals surface area contributed by atoms with Crippen LogP contribution in [-0.4, -0.2) is 5.75 Å². The second-order valence-corrected chi connectivity index (χ2v) is 5.90. The summed E-state index contributed by atoms with van der Waals surface area (Å²) in [6.45, 7) is 6.56. The molecule has 0 nitrogen and oxygen atoms in total. The van der Waals surface area contributed by atoms with Crippen molar-refractivity contribution in [3.05, 3.63) is 59.2 Å². The fourth-order valence-corrected chi connectivity index (χ4v) is 2.59. The first-order valence-corrected chi connectivity index (χ1v) is 7.74. The molecule has 0 saturated carbocycles. The van der Waals surface area contributed by atoms with E-state index in [9.17, 15) is 0 Å². The molecule has 0 atom stereocenters. The zero-order valence-corrected chi connectivity index (χ0v) is 12.6. The smallest absolute Gasteiger partial charge is 0.0187 e. The molecule has 1 heteroatoms. The maximum absolute atomic E-state index is 2.37. The van der Waals surface area contributed by atoms with Crippen LogP contribution >= 0.6 is 11.8 Å². The molecule has 0 aliphatic rings. The summed E-state index contributed by atoms with van der Waals surface area (Å²) in [6.07, 6.45) is 7.05. The fourth-order valence-electron chi connectivity index (χ4n) is 1.64. The lowest BCUT2D eigenvalue weighted by atomic mass is 10.1. The molecular weight excluding hydrogens is 236 g/mol. The first-order valence-electron chi connectivity index (χ1n) is 6.59. The van der Waals surface area contributed by atoms with Crippen molar-refractivity contribution in [2.24, 2.45) is 0 Å². The highest BCUT2D eigenvalue weighted by Gasteiger charge is 1.92. The van der Waals surface area contributed by atoms with Gasteiger partial charge in [-0.2, -0.15) is 11.8 Å². The Labute approximate surface area is 116 Å². The minimum absolute atomic E-state index is 1.11. The van der Waals surface area contributed by atoms with Crippen LogP contribution in [-0.2, 0) is 5.75 Å². The third-order valence-corrected chi connectivity index (χ3v) is 3.69. The van der Waals surface area contributed by atoms with Crippen LogP contribution in [0, 0.1) is 0 Å². The Bertz CT molecular complexity index is 383. The van der Waals surface area contributed by atoms with Gasteiger partial charge in [0, 0.05) is 11.5 Å². The number of hydrogen-bond acceptors (Lipinski definition) is 1. The van der Waals surface area contributed by atoms with E-state index in [0.29, 0.717) is 0 Å². The number of thioether (sulfide) groups is 1. The molecule has 0 aliphatic heterocycles. The molecule has 1 rings (SSSR count). The van der Waals surface area contributed by atoms with E-state index in [1.165, 1.54) is 29.6 Å². The molecule has 1 aromatic rings. The van der Waals surface area contributed by atoms with Crippen LogP contribution in [0.1, 0.15) is 39.2 Å². The summed E-state index contributed by atoms with van der Waals surface area (Å²) in [7, 11) is 0. The Kier molecular flexibility index (Phi) is 7.59. The fraction of sp³-hybridized carbons (Fsp3) is 0.412. The van der Waals surface area contributed by atoms with Gasteiger partial charge in [-0.05, 0) is 39.2 Å². The summed E-state index contributed by atoms with van der Waals surface area (Å²) < 4.78 is 0. The molecule has 1 aromatic carbocycles. The van der Waals surface area contributed by atoms with E-state index in [1.54, 1.807) is 0 Å². The second kappa shape index (κ2) is 9.04. The molecular formula is C17H24S. The minimum atomic E-state index is 1.11. The van der Waals surface area contributed by atoms with Gasteiger partial charge >= 0.3 is 0 Å². The van der Waals surface area contributed by atoms with E-state index in [2.05, 4.69) is 63.3 Å². The van der Waals surface area contributed by atoms with Gasteiger partial charge in [0.2, 0.25) is 0 Å². The summed E-state index contributed by atoms with van der Waals surface area (Å²) in [4.78, 5) is 0. The van der Waals surface area contributed by atoms with Crippen molar-refractivity contribution in [2.45, 2.75) is 39.4 Å². The minimum Gasteiger partial charge on any atom is -0.153 e. The number of rotatable bonds is 7. The van der Waals surface area contributed by atoms with Gasteiger partial charge in [-0.15, -0.1) is 0 Å². The van der Waals surface area contributed by atoms with Crippen molar-refractivity contribution >= 4 is 11.8 Å². The average molecular weight is 260 g/mol. The summed E-state index contributed by atoms with van der Waals surface area (Å²) in [5.74, 6) is 2.23. The summed E-state index contributed by atoms with van der Waals surface area (Å²) in [6, 6.07) is 10.7. The normalized spacial score (nSPS) is 11.4. The van der Waals surface area contributed by atoms with Gasteiger partial charge in [-0.25, -0.2) is 0 Å². The van der Waals surface area contributed by atoms with E-state index in [1.807, 2.05) is 11.8 Å². The van der Waals surface area contributed by atoms with Gasteiger partial charge in [0.15, 0.2) is 0 Å². The number of allylic oxidation sites excluding steroid dienone is 3. The molecule has 0 radical (unpaired) electrons. The van der Waals surface area contributed by atoms with Gasteiger partial charge in [0.25, 0.3) is 0 Å². The quantitative estimate of drug-likeness (QED) is 0.453. The van der Waals surface area contributed by atoms with E-state index in [4.69, 9.17) is 0 Å². The van der Waals surface area contributed by atoms with Crippen LogP contribution in [0.25, 0.3) is 0 Å². The molecule has 0 bridgehead atoms. The molecule has 0 aliphatic carbocycles. The Morgan fingerprint density at radius 3 is 2.44 bits per heavy atom. The Morgan fingerprint density at radius 1 is 1.06 bits per heavy atom. The lowest BCUT2D eigenvalue weighted by molar-refractivity contribution is 0.964. The molecule has 0 spiro atoms. The number of benzene rings is 1. The Balaban J connectivity index is 2.18. The first kappa shape index (κ1) is 15.1. The molecule has 0 N–H and O–H groups in total. The van der Waals surface area contributed by atoms with Crippen molar-refractivity contribution in [1.82, 2.24) is 0 Å². The van der Waals surface area contributed by atoms with Gasteiger partial charge in [0.05, 0.1) is 0 Å². The van der Waals surface area contributed by atoms with Gasteiger partial charge in [-0.1, -0.05) is 53.6 Å². The van der Waals surface area contributed by atoms with Gasteiger partial charge in [-0.3, -0.25) is 0 Å². The second-order valence-electron chi connectivity index (χ2n) is 4.87. The maximum atomic E-state index is 2.37. The van der Waals surface area contributed by atoms with E-state index < -0.39 is 0 Å². The zero-order chi connectivity index (χ0) is 13.2. The van der Waals surface area contributed by atoms with Gasteiger partial charge in [0.1, 0.15) is 0 Å². The highest BCUT2D eigenvalue weighted by Crippen LogP contribution is 2.14. The van der Waals surface area contributed by atoms with Crippen LogP contribution in [0.4, 0.5) is 0 Å². The molecule has 0 fully saturated rings. The van der Waals surface area contributed by atoms with Crippen molar-refractivity contribution in [3.63, 3.8) is 0 Å². The first-order chi connectivity index (χ1) is 8.68. The van der Waals surface area contributed by atoms with Crippen LogP contribution in [0.5, 0.6) is 0 Å². The highest BCUT2D eigenvalue weighted by atomic mass is 32.2. The van der Waals surface area contributed by atoms with E-state index >= 15 is 0 Å². The lowest BCUT2D eigenvalue weighted by Crippen LogP contribution is -1.83. The highest BCUT2D eigenvalue weighted by molar-refractivity contribution is 7.98. The predicted octanol–water partition coefficient (Wildman–Crippen LogP) is 5.61. The molecule has 0 heterocycles. The van der Waals surface area contributed by atoms with Gasteiger partial charge < -0.3 is 0 Å². The standard InChI is InChI=1S/C17H24S/c1-15(2)8-7-9-16(3)12-13-18-14-17-10-5-4-6-11-17/h4-6,8,10-12H,7,9,13-14H2,1-3H3/b16-12-. The molecule has 0 amide bonds. The van der Waals surface area contributed by atoms with Crippen molar-refractivity contribution < 1.29 is 0 Å². The van der Waals surface area contributed by atoms with Crippen molar-refractivity contribution in [2.75, 3.05) is 5.75 Å². The van der Waals surface area contributed by atoms with E-state index in [-0.39, 0.29) is 0 Å². The number of hydrogen-bond donors (Lipinski definition) is 0. The predicted molar refractivity (Wildman–Crippen MR) is 85.0 cm³/mol. The Morgan fingerprint density at radius 2 is 1.78 bits per heavy atom. The molecule has 0 saturated heterocycles. The van der Waals surface area contributed by atoms with Crippen LogP contribution in [0.15, 0.2) is 53.6 Å². The molecule has 98 valence electrons. The SMILES string of the molecule is CC(C)=CCC/C(C)=C\CSCc1ccccc1. The van der Waals surface area contributed by atoms with Crippen LogP contribution < -0.4 is 0 Å². The topological polar surface area (TPSA) is 0 Å². The average Bonchev–Trinajstić information content (AvgIpc) is 2.35. The third-order valence-electron chi connectivity index (χ3n) is 2.75. The van der Waals surface area contributed by atoms with Crippen LogP contribution in [0.2, 0.25) is 0 Å². The lowest BCUT2D eigenvalue weighted by Gasteiger charge is -2.01. The maximum Gasteiger partial charge on any atom is 0.0187 e. The molecule has 18 heavy (non-hydrogen) atoms. The Hall–Kier alpha value is -0.950. The summed E-state index contributed by atoms with van der Waals surface area (Å²) >= 11 is 1.98. The van der Waals surface area contributed by atoms with Crippen molar-refractivity contribution in [3.8, 4) is 0 Å².